The smallest absolute Gasteiger partial charge is 0.165 e. The Kier molecular flexibility index (Phi) is 4.31. The summed E-state index contributed by atoms with van der Waals surface area (Å²) in [5.74, 6) is -0.0648. The fourth-order valence-electron chi connectivity index (χ4n) is 1.27. The first-order valence-electron chi connectivity index (χ1n) is 4.95. The van der Waals surface area contributed by atoms with Gasteiger partial charge in [-0.05, 0) is 31.5 Å². The van der Waals surface area contributed by atoms with E-state index >= 15 is 0 Å². The normalized spacial score (nSPS) is 12.2. The number of ether oxygens (including phenoxy) is 1. The van der Waals surface area contributed by atoms with Crippen LogP contribution in [0.4, 0.5) is 4.39 Å². The lowest BCUT2D eigenvalue weighted by molar-refractivity contribution is 0.254. The van der Waals surface area contributed by atoms with Crippen molar-refractivity contribution in [3.05, 3.63) is 42.2 Å². The second-order valence-electron chi connectivity index (χ2n) is 3.33. The maximum absolute atomic E-state index is 13.5. The molecule has 0 aliphatic rings. The lowest BCUT2D eigenvalue weighted by Crippen LogP contribution is -2.12. The van der Waals surface area contributed by atoms with E-state index in [1.807, 2.05) is 13.0 Å². The van der Waals surface area contributed by atoms with E-state index in [1.54, 1.807) is 12.1 Å². The van der Waals surface area contributed by atoms with Crippen LogP contribution in [-0.4, -0.2) is 12.6 Å². The highest BCUT2D eigenvalue weighted by Crippen LogP contribution is 2.24. The monoisotopic (exact) mass is 209 g/mol. The third-order valence-electron chi connectivity index (χ3n) is 2.10. The largest absolute Gasteiger partial charge is 0.483 e. The predicted octanol–water partition coefficient (Wildman–Crippen LogP) is 2.28. The Morgan fingerprint density at radius 3 is 2.93 bits per heavy atom. The Labute approximate surface area is 89.6 Å². The number of benzene rings is 1. The van der Waals surface area contributed by atoms with Crippen LogP contribution < -0.4 is 10.5 Å². The molecule has 0 saturated heterocycles. The first-order valence-corrected chi connectivity index (χ1v) is 4.95. The molecule has 0 saturated carbocycles. The van der Waals surface area contributed by atoms with Gasteiger partial charge in [-0.3, -0.25) is 0 Å². The van der Waals surface area contributed by atoms with Gasteiger partial charge in [-0.25, -0.2) is 4.39 Å². The molecule has 0 bridgehead atoms. The van der Waals surface area contributed by atoms with E-state index in [2.05, 4.69) is 6.58 Å². The van der Waals surface area contributed by atoms with Crippen LogP contribution in [0.25, 0.3) is 0 Å². The molecule has 82 valence electrons. The second-order valence-corrected chi connectivity index (χ2v) is 3.33. The van der Waals surface area contributed by atoms with Gasteiger partial charge < -0.3 is 10.5 Å². The zero-order valence-corrected chi connectivity index (χ0v) is 8.87. The van der Waals surface area contributed by atoms with Crippen LogP contribution in [0, 0.1) is 5.82 Å². The number of hydrogen-bond donors (Lipinski definition) is 1. The van der Waals surface area contributed by atoms with Gasteiger partial charge >= 0.3 is 0 Å². The molecule has 1 atom stereocenters. The van der Waals surface area contributed by atoms with E-state index in [0.717, 1.165) is 5.56 Å². The van der Waals surface area contributed by atoms with Crippen molar-refractivity contribution in [1.82, 2.24) is 0 Å². The first kappa shape index (κ1) is 11.7. The lowest BCUT2D eigenvalue weighted by Gasteiger charge is -2.14. The highest BCUT2D eigenvalue weighted by atomic mass is 19.1. The number of para-hydroxylation sites is 1. The molecule has 0 aliphatic heterocycles. The van der Waals surface area contributed by atoms with E-state index in [0.29, 0.717) is 13.0 Å². The van der Waals surface area contributed by atoms with Gasteiger partial charge in [0.15, 0.2) is 11.6 Å². The molecule has 2 nitrogen and oxygen atoms in total. The topological polar surface area (TPSA) is 35.2 Å². The molecule has 0 amide bonds. The maximum Gasteiger partial charge on any atom is 0.165 e. The SMILES string of the molecule is C=CC(C)Oc1c(F)cccc1CCN. The molecule has 15 heavy (non-hydrogen) atoms. The Hall–Kier alpha value is -1.35. The lowest BCUT2D eigenvalue weighted by atomic mass is 10.1. The fourth-order valence-corrected chi connectivity index (χ4v) is 1.27. The zero-order valence-electron chi connectivity index (χ0n) is 8.87. The van der Waals surface area contributed by atoms with Crippen molar-refractivity contribution in [3.8, 4) is 5.75 Å². The summed E-state index contributed by atoms with van der Waals surface area (Å²) in [7, 11) is 0. The Morgan fingerprint density at radius 1 is 1.60 bits per heavy atom. The highest BCUT2D eigenvalue weighted by molar-refractivity contribution is 5.35. The van der Waals surface area contributed by atoms with Crippen LogP contribution in [0.3, 0.4) is 0 Å². The van der Waals surface area contributed by atoms with E-state index < -0.39 is 0 Å². The molecule has 0 fully saturated rings. The number of nitrogens with two attached hydrogens (primary N) is 1. The molecule has 0 aliphatic carbocycles. The van der Waals surface area contributed by atoms with Crippen LogP contribution in [0.15, 0.2) is 30.9 Å². The van der Waals surface area contributed by atoms with Crippen molar-refractivity contribution in [2.45, 2.75) is 19.4 Å². The molecule has 0 heterocycles. The molecular formula is C12H16FNO. The maximum atomic E-state index is 13.5. The fraction of sp³-hybridized carbons (Fsp3) is 0.333. The van der Waals surface area contributed by atoms with Crippen molar-refractivity contribution in [2.75, 3.05) is 6.54 Å². The number of halogens is 1. The van der Waals surface area contributed by atoms with Crippen LogP contribution in [0.5, 0.6) is 5.75 Å². The minimum Gasteiger partial charge on any atom is -0.483 e. The molecule has 2 N–H and O–H groups in total. The number of hydrogen-bond acceptors (Lipinski definition) is 2. The van der Waals surface area contributed by atoms with Crippen LogP contribution in [0.2, 0.25) is 0 Å². The van der Waals surface area contributed by atoms with Gasteiger partial charge in [0, 0.05) is 0 Å². The molecule has 0 radical (unpaired) electrons. The Bertz CT molecular complexity index is 338. The quantitative estimate of drug-likeness (QED) is 0.755. The van der Waals surface area contributed by atoms with Crippen molar-refractivity contribution in [2.24, 2.45) is 5.73 Å². The summed E-state index contributed by atoms with van der Waals surface area (Å²) < 4.78 is 18.9. The molecule has 0 spiro atoms. The summed E-state index contributed by atoms with van der Waals surface area (Å²) in [6, 6.07) is 4.86. The molecular weight excluding hydrogens is 193 g/mol. The molecule has 1 aromatic rings. The molecule has 1 aromatic carbocycles. The van der Waals surface area contributed by atoms with Crippen molar-refractivity contribution in [3.63, 3.8) is 0 Å². The standard InChI is InChI=1S/C12H16FNO/c1-3-9(2)15-12-10(7-8-14)5-4-6-11(12)13/h3-6,9H,1,7-8,14H2,2H3. The highest BCUT2D eigenvalue weighted by Gasteiger charge is 2.10. The van der Waals surface area contributed by atoms with Gasteiger partial charge in [0.05, 0.1) is 0 Å². The molecule has 1 rings (SSSR count). The third-order valence-corrected chi connectivity index (χ3v) is 2.10. The summed E-state index contributed by atoms with van der Waals surface area (Å²) in [5.41, 5.74) is 6.24. The number of rotatable bonds is 5. The summed E-state index contributed by atoms with van der Waals surface area (Å²) >= 11 is 0. The minimum atomic E-state index is -0.352. The summed E-state index contributed by atoms with van der Waals surface area (Å²) in [4.78, 5) is 0. The van der Waals surface area contributed by atoms with Crippen molar-refractivity contribution < 1.29 is 9.13 Å². The van der Waals surface area contributed by atoms with Crippen molar-refractivity contribution >= 4 is 0 Å². The zero-order chi connectivity index (χ0) is 11.3. The Morgan fingerprint density at radius 2 is 2.33 bits per heavy atom. The van der Waals surface area contributed by atoms with E-state index in [9.17, 15) is 4.39 Å². The van der Waals surface area contributed by atoms with Gasteiger partial charge in [0.25, 0.3) is 0 Å². The van der Waals surface area contributed by atoms with E-state index in [4.69, 9.17) is 10.5 Å². The van der Waals surface area contributed by atoms with Gasteiger partial charge in [-0.2, -0.15) is 0 Å². The van der Waals surface area contributed by atoms with Gasteiger partial charge in [0.1, 0.15) is 6.10 Å². The van der Waals surface area contributed by atoms with E-state index in [-0.39, 0.29) is 17.7 Å². The van der Waals surface area contributed by atoms with Gasteiger partial charge in [0.2, 0.25) is 0 Å². The third kappa shape index (κ3) is 3.06. The Balaban J connectivity index is 2.96. The van der Waals surface area contributed by atoms with Crippen molar-refractivity contribution in [1.29, 1.82) is 0 Å². The average molecular weight is 209 g/mol. The molecule has 1 unspecified atom stereocenters. The van der Waals surface area contributed by atoms with Crippen LogP contribution >= 0.6 is 0 Å². The predicted molar refractivity (Wildman–Crippen MR) is 59.4 cm³/mol. The van der Waals surface area contributed by atoms with Crippen LogP contribution in [0.1, 0.15) is 12.5 Å². The second kappa shape index (κ2) is 5.51. The van der Waals surface area contributed by atoms with Gasteiger partial charge in [-0.15, -0.1) is 0 Å². The van der Waals surface area contributed by atoms with E-state index in [1.165, 1.54) is 6.07 Å². The van der Waals surface area contributed by atoms with Gasteiger partial charge in [-0.1, -0.05) is 24.8 Å². The summed E-state index contributed by atoms with van der Waals surface area (Å²) in [6.45, 7) is 5.88. The molecule has 3 heteroatoms. The van der Waals surface area contributed by atoms with Crippen LogP contribution in [-0.2, 0) is 6.42 Å². The summed E-state index contributed by atoms with van der Waals surface area (Å²) in [5, 5.41) is 0. The molecule has 0 aromatic heterocycles. The first-order chi connectivity index (χ1) is 7.19. The minimum absolute atomic E-state index is 0.210. The average Bonchev–Trinajstić information content (AvgIpc) is 2.23. The summed E-state index contributed by atoms with van der Waals surface area (Å²) in [6.07, 6.45) is 2.02.